The van der Waals surface area contributed by atoms with Crippen LogP contribution in [0.15, 0.2) is 0 Å². The van der Waals surface area contributed by atoms with Gasteiger partial charge in [0.25, 0.3) is 0 Å². The number of nitrogens with zero attached hydrogens (tertiary/aromatic N) is 2. The summed E-state index contributed by atoms with van der Waals surface area (Å²) in [5, 5.41) is 8.53. The highest BCUT2D eigenvalue weighted by molar-refractivity contribution is 9.10. The third-order valence-corrected chi connectivity index (χ3v) is 4.79. The molecule has 1 atom stereocenters. The van der Waals surface area contributed by atoms with E-state index in [-0.39, 0.29) is 17.1 Å². The summed E-state index contributed by atoms with van der Waals surface area (Å²) >= 11 is 2.91. The van der Waals surface area contributed by atoms with Crippen LogP contribution in [-0.2, 0) is 10.0 Å². The molecule has 0 amide bonds. The van der Waals surface area contributed by atoms with Gasteiger partial charge in [-0.3, -0.25) is 0 Å². The quantitative estimate of drug-likeness (QED) is 0.703. The van der Waals surface area contributed by atoms with E-state index in [0.717, 1.165) is 0 Å². The Hall–Kier alpha value is -0.120. The number of sulfonamides is 1. The van der Waals surface area contributed by atoms with Crippen LogP contribution in [0.2, 0.25) is 0 Å². The highest BCUT2D eigenvalue weighted by Gasteiger charge is 2.20. The Kier molecular flexibility index (Phi) is 5.53. The van der Waals surface area contributed by atoms with E-state index in [1.165, 1.54) is 4.31 Å². The summed E-state index contributed by atoms with van der Waals surface area (Å²) in [5.41, 5.74) is 0. The first-order valence-corrected chi connectivity index (χ1v) is 6.64. The second-order valence-electron chi connectivity index (χ2n) is 2.70. The molecule has 0 aromatic carbocycles. The largest absolute Gasteiger partial charge is 0.224 e. The summed E-state index contributed by atoms with van der Waals surface area (Å²) in [4.78, 5) is 0. The third kappa shape index (κ3) is 4.07. The number of halogens is 1. The Balaban J connectivity index is 4.47. The molecule has 0 rings (SSSR count). The second kappa shape index (κ2) is 5.58. The average molecular weight is 269 g/mol. The molecule has 0 bridgehead atoms. The zero-order chi connectivity index (χ0) is 10.5. The van der Waals surface area contributed by atoms with Crippen molar-refractivity contribution in [2.24, 2.45) is 5.92 Å². The Labute approximate surface area is 87.7 Å². The van der Waals surface area contributed by atoms with Crippen molar-refractivity contribution in [1.82, 2.24) is 4.31 Å². The molecule has 0 N–H and O–H groups in total. The zero-order valence-electron chi connectivity index (χ0n) is 7.70. The van der Waals surface area contributed by atoms with Crippen LogP contribution in [0, 0.1) is 17.2 Å². The molecule has 0 aliphatic carbocycles. The van der Waals surface area contributed by atoms with Gasteiger partial charge in [0, 0.05) is 13.1 Å². The van der Waals surface area contributed by atoms with E-state index in [9.17, 15) is 8.42 Å². The van der Waals surface area contributed by atoms with Gasteiger partial charge in [-0.2, -0.15) is 5.26 Å². The minimum absolute atomic E-state index is 0.0913. The maximum Gasteiger partial charge on any atom is 0.224 e. The van der Waals surface area contributed by atoms with Crippen molar-refractivity contribution in [2.45, 2.75) is 13.8 Å². The molecular weight excluding hydrogens is 256 g/mol. The summed E-state index contributed by atoms with van der Waals surface area (Å²) in [6.45, 7) is 4.12. The minimum atomic E-state index is -3.22. The van der Waals surface area contributed by atoms with Gasteiger partial charge in [-0.25, -0.2) is 12.7 Å². The SMILES string of the molecule is CCN(CC(C)C#N)S(=O)(=O)CBr. The van der Waals surface area contributed by atoms with Gasteiger partial charge in [0.1, 0.15) is 4.66 Å². The van der Waals surface area contributed by atoms with Crippen molar-refractivity contribution in [3.63, 3.8) is 0 Å². The molecule has 0 saturated carbocycles. The van der Waals surface area contributed by atoms with Crippen LogP contribution >= 0.6 is 15.9 Å². The highest BCUT2D eigenvalue weighted by atomic mass is 79.9. The Morgan fingerprint density at radius 3 is 2.46 bits per heavy atom. The van der Waals surface area contributed by atoms with Crippen LogP contribution in [0.25, 0.3) is 0 Å². The molecule has 76 valence electrons. The first kappa shape index (κ1) is 12.9. The van der Waals surface area contributed by atoms with Gasteiger partial charge < -0.3 is 0 Å². The van der Waals surface area contributed by atoms with Gasteiger partial charge in [0.05, 0.1) is 12.0 Å². The third-order valence-electron chi connectivity index (χ3n) is 1.58. The molecule has 0 fully saturated rings. The van der Waals surface area contributed by atoms with Crippen molar-refractivity contribution in [2.75, 3.05) is 17.8 Å². The monoisotopic (exact) mass is 268 g/mol. The summed E-state index contributed by atoms with van der Waals surface area (Å²) in [6, 6.07) is 2.00. The van der Waals surface area contributed by atoms with Crippen molar-refractivity contribution in [3.05, 3.63) is 0 Å². The first-order valence-electron chi connectivity index (χ1n) is 3.91. The van der Waals surface area contributed by atoms with Crippen molar-refractivity contribution >= 4 is 26.0 Å². The van der Waals surface area contributed by atoms with Crippen LogP contribution in [0.4, 0.5) is 0 Å². The van der Waals surface area contributed by atoms with Gasteiger partial charge in [-0.05, 0) is 6.92 Å². The minimum Gasteiger partial charge on any atom is -0.211 e. The van der Waals surface area contributed by atoms with Gasteiger partial charge in [0.2, 0.25) is 10.0 Å². The topological polar surface area (TPSA) is 61.2 Å². The standard InChI is InChI=1S/C7H13BrN2O2S/c1-3-10(5-7(2)4-9)13(11,12)6-8/h7H,3,5-6H2,1-2H3. The molecule has 0 aromatic rings. The van der Waals surface area contributed by atoms with E-state index in [0.29, 0.717) is 6.54 Å². The normalized spacial score (nSPS) is 14.1. The van der Waals surface area contributed by atoms with Crippen LogP contribution < -0.4 is 0 Å². The molecule has 6 heteroatoms. The van der Waals surface area contributed by atoms with E-state index in [2.05, 4.69) is 15.9 Å². The molecule has 0 aliphatic rings. The predicted octanol–water partition coefficient (Wildman–Crippen LogP) is 1.15. The van der Waals surface area contributed by atoms with Gasteiger partial charge in [-0.1, -0.05) is 22.9 Å². The smallest absolute Gasteiger partial charge is 0.211 e. The molecule has 0 radical (unpaired) electrons. The molecular formula is C7H13BrN2O2S. The molecule has 0 heterocycles. The van der Waals surface area contributed by atoms with E-state index in [4.69, 9.17) is 5.26 Å². The maximum atomic E-state index is 11.4. The van der Waals surface area contributed by atoms with Crippen LogP contribution in [0.1, 0.15) is 13.8 Å². The Bertz CT molecular complexity index is 283. The van der Waals surface area contributed by atoms with Crippen LogP contribution in [0.3, 0.4) is 0 Å². The zero-order valence-corrected chi connectivity index (χ0v) is 10.1. The summed E-state index contributed by atoms with van der Waals surface area (Å²) in [6.07, 6.45) is 0. The fraction of sp³-hybridized carbons (Fsp3) is 0.857. The highest BCUT2D eigenvalue weighted by Crippen LogP contribution is 2.07. The van der Waals surface area contributed by atoms with Crippen molar-refractivity contribution in [1.29, 1.82) is 5.26 Å². The summed E-state index contributed by atoms with van der Waals surface area (Å²) < 4.78 is 23.9. The Morgan fingerprint density at radius 2 is 2.15 bits per heavy atom. The summed E-state index contributed by atoms with van der Waals surface area (Å²) in [5.74, 6) is -0.270. The lowest BCUT2D eigenvalue weighted by atomic mass is 10.2. The number of nitriles is 1. The van der Waals surface area contributed by atoms with Gasteiger partial charge in [-0.15, -0.1) is 0 Å². The molecule has 0 saturated heterocycles. The average Bonchev–Trinajstić information content (AvgIpc) is 2.13. The fourth-order valence-electron chi connectivity index (χ4n) is 0.855. The van der Waals surface area contributed by atoms with Crippen LogP contribution in [0.5, 0.6) is 0 Å². The number of alkyl halides is 1. The van der Waals surface area contributed by atoms with E-state index in [1.807, 2.05) is 6.07 Å². The van der Waals surface area contributed by atoms with E-state index < -0.39 is 10.0 Å². The fourth-order valence-corrected chi connectivity index (χ4v) is 2.71. The second-order valence-corrected chi connectivity index (χ2v) is 5.97. The molecule has 0 aliphatic heterocycles. The lowest BCUT2D eigenvalue weighted by Crippen LogP contribution is -2.34. The van der Waals surface area contributed by atoms with Crippen molar-refractivity contribution in [3.8, 4) is 6.07 Å². The molecule has 13 heavy (non-hydrogen) atoms. The molecule has 0 spiro atoms. The number of rotatable bonds is 5. The molecule has 1 unspecified atom stereocenters. The lowest BCUT2D eigenvalue weighted by molar-refractivity contribution is 0.403. The Morgan fingerprint density at radius 1 is 1.62 bits per heavy atom. The van der Waals surface area contributed by atoms with E-state index >= 15 is 0 Å². The van der Waals surface area contributed by atoms with Gasteiger partial charge >= 0.3 is 0 Å². The summed E-state index contributed by atoms with van der Waals surface area (Å²) in [7, 11) is -3.22. The van der Waals surface area contributed by atoms with E-state index in [1.54, 1.807) is 13.8 Å². The van der Waals surface area contributed by atoms with Crippen molar-refractivity contribution < 1.29 is 8.42 Å². The predicted molar refractivity (Wildman–Crippen MR) is 54.7 cm³/mol. The first-order chi connectivity index (χ1) is 5.97. The molecule has 4 nitrogen and oxygen atoms in total. The van der Waals surface area contributed by atoms with Crippen LogP contribution in [-0.4, -0.2) is 30.5 Å². The molecule has 0 aromatic heterocycles. The number of hydrogen-bond acceptors (Lipinski definition) is 3. The lowest BCUT2D eigenvalue weighted by Gasteiger charge is -2.19. The maximum absolute atomic E-state index is 11.4. The number of hydrogen-bond donors (Lipinski definition) is 0. The van der Waals surface area contributed by atoms with Gasteiger partial charge in [0.15, 0.2) is 0 Å².